The lowest BCUT2D eigenvalue weighted by Gasteiger charge is -2.19. The Hall–Kier alpha value is -2.11. The van der Waals surface area contributed by atoms with Gasteiger partial charge in [-0.1, -0.05) is 24.3 Å². The maximum Gasteiger partial charge on any atom is 0.317 e. The molecule has 0 saturated carbocycles. The lowest BCUT2D eigenvalue weighted by Crippen LogP contribution is -2.38. The average molecular weight is 338 g/mol. The zero-order valence-corrected chi connectivity index (χ0v) is 14.4. The van der Waals surface area contributed by atoms with E-state index in [2.05, 4.69) is 16.1 Å². The zero-order valence-electron chi connectivity index (χ0n) is 13.5. The molecule has 0 aromatic heterocycles. The summed E-state index contributed by atoms with van der Waals surface area (Å²) in [5, 5.41) is 11.5. The van der Waals surface area contributed by atoms with E-state index in [-0.39, 0.29) is 17.7 Å². The van der Waals surface area contributed by atoms with E-state index < -0.39 is 10.0 Å². The van der Waals surface area contributed by atoms with Crippen molar-refractivity contribution < 1.29 is 13.2 Å². The molecule has 0 fully saturated rings. The van der Waals surface area contributed by atoms with Gasteiger partial charge in [0.25, 0.3) is 0 Å². The summed E-state index contributed by atoms with van der Waals surface area (Å²) in [5.41, 5.74) is 1.54. The number of carbonyl (C=O) groups excluding carboxylic acids is 1. The molecule has 0 unspecified atom stereocenters. The van der Waals surface area contributed by atoms with Gasteiger partial charge in [0.05, 0.1) is 17.7 Å². The molecule has 0 aliphatic carbocycles. The predicted octanol–water partition coefficient (Wildman–Crippen LogP) is 1.04. The number of nitriles is 1. The Labute approximate surface area is 137 Å². The van der Waals surface area contributed by atoms with E-state index in [0.29, 0.717) is 18.7 Å². The first-order valence-electron chi connectivity index (χ1n) is 7.15. The zero-order chi connectivity index (χ0) is 17.5. The molecule has 0 aliphatic heterocycles. The number of carbonyl (C=O) groups is 1. The molecule has 8 heteroatoms. The van der Waals surface area contributed by atoms with Gasteiger partial charge in [0.1, 0.15) is 0 Å². The number of amides is 2. The molecule has 7 nitrogen and oxygen atoms in total. The maximum atomic E-state index is 11.9. The average Bonchev–Trinajstić information content (AvgIpc) is 2.53. The Kier molecular flexibility index (Phi) is 7.00. The molecule has 0 heterocycles. The lowest BCUT2D eigenvalue weighted by molar-refractivity contribution is 0.205. The summed E-state index contributed by atoms with van der Waals surface area (Å²) < 4.78 is 25.2. The van der Waals surface area contributed by atoms with E-state index in [1.807, 2.05) is 0 Å². The fraction of sp³-hybridized carbons (Fsp3) is 0.467. The van der Waals surface area contributed by atoms with Crippen LogP contribution in [0.2, 0.25) is 0 Å². The van der Waals surface area contributed by atoms with Gasteiger partial charge < -0.3 is 10.2 Å². The molecule has 0 spiro atoms. The highest BCUT2D eigenvalue weighted by Gasteiger charge is 2.12. The van der Waals surface area contributed by atoms with Crippen molar-refractivity contribution in [3.8, 4) is 6.07 Å². The fourth-order valence-corrected chi connectivity index (χ4v) is 2.67. The molecule has 0 bridgehead atoms. The molecule has 1 atom stereocenters. The van der Waals surface area contributed by atoms with E-state index >= 15 is 0 Å². The maximum absolute atomic E-state index is 11.9. The summed E-state index contributed by atoms with van der Waals surface area (Å²) in [5.74, 6) is -0.301. The summed E-state index contributed by atoms with van der Waals surface area (Å²) in [4.78, 5) is 13.3. The minimum atomic E-state index is -3.29. The van der Waals surface area contributed by atoms with Crippen LogP contribution in [0.5, 0.6) is 0 Å². The fourth-order valence-electron chi connectivity index (χ4n) is 1.89. The van der Waals surface area contributed by atoms with Gasteiger partial charge in [-0.3, -0.25) is 0 Å². The number of nitrogens with one attached hydrogen (secondary N) is 2. The molecule has 2 N–H and O–H groups in total. The second-order valence-electron chi connectivity index (χ2n) is 5.35. The number of urea groups is 1. The summed E-state index contributed by atoms with van der Waals surface area (Å²) in [6, 6.07) is 8.82. The van der Waals surface area contributed by atoms with Crippen molar-refractivity contribution in [1.82, 2.24) is 14.9 Å². The van der Waals surface area contributed by atoms with Gasteiger partial charge in [-0.25, -0.2) is 17.9 Å². The number of rotatable bonds is 7. The van der Waals surface area contributed by atoms with Gasteiger partial charge in [-0.15, -0.1) is 0 Å². The van der Waals surface area contributed by atoms with Crippen molar-refractivity contribution in [2.75, 3.05) is 20.6 Å². The Morgan fingerprint density at radius 2 is 1.87 bits per heavy atom. The molecule has 1 aromatic rings. The normalized spacial score (nSPS) is 12.3. The van der Waals surface area contributed by atoms with Crippen molar-refractivity contribution >= 4 is 16.1 Å². The molecular weight excluding hydrogens is 316 g/mol. The van der Waals surface area contributed by atoms with Gasteiger partial charge in [0.15, 0.2) is 0 Å². The predicted molar refractivity (Wildman–Crippen MR) is 87.8 cm³/mol. The third-order valence-electron chi connectivity index (χ3n) is 3.25. The summed E-state index contributed by atoms with van der Waals surface area (Å²) in [7, 11) is -0.278. The quantitative estimate of drug-likeness (QED) is 0.775. The summed E-state index contributed by atoms with van der Waals surface area (Å²) >= 11 is 0. The van der Waals surface area contributed by atoms with Crippen molar-refractivity contribution in [2.24, 2.45) is 5.92 Å². The van der Waals surface area contributed by atoms with E-state index in [9.17, 15) is 13.2 Å². The van der Waals surface area contributed by atoms with Gasteiger partial charge in [0, 0.05) is 20.1 Å². The number of sulfonamides is 1. The monoisotopic (exact) mass is 338 g/mol. The highest BCUT2D eigenvalue weighted by Crippen LogP contribution is 2.08. The second-order valence-corrected chi connectivity index (χ2v) is 7.28. The topological polar surface area (TPSA) is 102 Å². The van der Waals surface area contributed by atoms with E-state index in [4.69, 9.17) is 5.26 Å². The molecule has 126 valence electrons. The van der Waals surface area contributed by atoms with Crippen LogP contribution in [0, 0.1) is 17.2 Å². The van der Waals surface area contributed by atoms with Gasteiger partial charge >= 0.3 is 6.03 Å². The van der Waals surface area contributed by atoms with Crippen molar-refractivity contribution in [3.05, 3.63) is 35.4 Å². The van der Waals surface area contributed by atoms with Gasteiger partial charge in [-0.05, 0) is 25.1 Å². The smallest absolute Gasteiger partial charge is 0.317 e. The van der Waals surface area contributed by atoms with Gasteiger partial charge in [0.2, 0.25) is 10.0 Å². The van der Waals surface area contributed by atoms with Crippen LogP contribution in [0.4, 0.5) is 4.79 Å². The van der Waals surface area contributed by atoms with Crippen LogP contribution in [0.1, 0.15) is 18.1 Å². The molecule has 1 aromatic carbocycles. The first-order chi connectivity index (χ1) is 10.8. The van der Waals surface area contributed by atoms with Crippen molar-refractivity contribution in [3.63, 3.8) is 0 Å². The van der Waals surface area contributed by atoms with E-state index in [1.165, 1.54) is 11.9 Å². The van der Waals surface area contributed by atoms with E-state index in [1.54, 1.807) is 38.2 Å². The molecule has 0 saturated heterocycles. The highest BCUT2D eigenvalue weighted by molar-refractivity contribution is 7.88. The third kappa shape index (κ3) is 6.67. The van der Waals surface area contributed by atoms with E-state index in [0.717, 1.165) is 5.56 Å². The third-order valence-corrected chi connectivity index (χ3v) is 4.58. The number of benzene rings is 1. The Morgan fingerprint density at radius 3 is 2.39 bits per heavy atom. The number of hydrogen-bond acceptors (Lipinski definition) is 4. The standard InChI is InChI=1S/C15H22N4O3S/c1-12(8-16)10-19(3)15(20)18-9-13-4-6-14(7-5-13)11-23(21,22)17-2/h4-7,12,17H,9-11H2,1-3H3,(H,18,20)/t12-/m0/s1. The molecule has 0 aliphatic rings. The number of nitrogens with zero attached hydrogens (tertiary/aromatic N) is 2. The first kappa shape index (κ1) is 18.9. The van der Waals surface area contributed by atoms with Crippen LogP contribution in [-0.4, -0.2) is 40.0 Å². The Bertz CT molecular complexity index is 665. The van der Waals surface area contributed by atoms with Crippen LogP contribution in [0.15, 0.2) is 24.3 Å². The summed E-state index contributed by atoms with van der Waals surface area (Å²) in [6.45, 7) is 2.45. The van der Waals surface area contributed by atoms with Crippen LogP contribution in [0.3, 0.4) is 0 Å². The molecular formula is C15H22N4O3S. The second kappa shape index (κ2) is 8.50. The van der Waals surface area contributed by atoms with Crippen LogP contribution in [0.25, 0.3) is 0 Å². The molecule has 2 amide bonds. The molecule has 0 radical (unpaired) electrons. The lowest BCUT2D eigenvalue weighted by atomic mass is 10.1. The van der Waals surface area contributed by atoms with Crippen molar-refractivity contribution in [2.45, 2.75) is 19.2 Å². The number of hydrogen-bond donors (Lipinski definition) is 2. The summed E-state index contributed by atoms with van der Waals surface area (Å²) in [6.07, 6.45) is 0. The van der Waals surface area contributed by atoms with Crippen LogP contribution < -0.4 is 10.0 Å². The molecule has 1 rings (SSSR count). The van der Waals surface area contributed by atoms with Crippen molar-refractivity contribution in [1.29, 1.82) is 5.26 Å². The van der Waals surface area contributed by atoms with Crippen LogP contribution in [-0.2, 0) is 22.3 Å². The molecule has 23 heavy (non-hydrogen) atoms. The largest absolute Gasteiger partial charge is 0.334 e. The Morgan fingerprint density at radius 1 is 1.30 bits per heavy atom. The minimum absolute atomic E-state index is 0.0784. The first-order valence-corrected chi connectivity index (χ1v) is 8.80. The highest BCUT2D eigenvalue weighted by atomic mass is 32.2. The Balaban J connectivity index is 2.53. The van der Waals surface area contributed by atoms with Crippen LogP contribution >= 0.6 is 0 Å². The van der Waals surface area contributed by atoms with Gasteiger partial charge in [-0.2, -0.15) is 5.26 Å². The SMILES string of the molecule is CNS(=O)(=O)Cc1ccc(CNC(=O)N(C)C[C@@H](C)C#N)cc1. The minimum Gasteiger partial charge on any atom is -0.334 e.